The van der Waals surface area contributed by atoms with Gasteiger partial charge in [0.2, 0.25) is 5.91 Å². The molecule has 1 aromatic carbocycles. The second-order valence-corrected chi connectivity index (χ2v) is 4.68. The molecule has 1 unspecified atom stereocenters. The molecular formula is C14H21N3O. The van der Waals surface area contributed by atoms with E-state index in [1.54, 1.807) is 0 Å². The van der Waals surface area contributed by atoms with Crippen molar-refractivity contribution in [2.45, 2.75) is 25.8 Å². The lowest BCUT2D eigenvalue weighted by Gasteiger charge is -2.24. The smallest absolute Gasteiger partial charge is 0.239 e. The van der Waals surface area contributed by atoms with Gasteiger partial charge in [0.05, 0.1) is 6.54 Å². The van der Waals surface area contributed by atoms with Gasteiger partial charge in [0.25, 0.3) is 0 Å². The number of carbonyl (C=O) groups is 1. The molecule has 4 heteroatoms. The van der Waals surface area contributed by atoms with E-state index in [-0.39, 0.29) is 11.9 Å². The Balaban J connectivity index is 2.20. The van der Waals surface area contributed by atoms with Crippen molar-refractivity contribution in [3.05, 3.63) is 29.8 Å². The molecule has 18 heavy (non-hydrogen) atoms. The number of amides is 1. The average molecular weight is 247 g/mol. The van der Waals surface area contributed by atoms with Crippen molar-refractivity contribution in [1.82, 2.24) is 5.32 Å². The van der Waals surface area contributed by atoms with E-state index in [1.807, 2.05) is 19.1 Å². The van der Waals surface area contributed by atoms with Crippen LogP contribution in [0.3, 0.4) is 0 Å². The lowest BCUT2D eigenvalue weighted by atomic mass is 10.0. The van der Waals surface area contributed by atoms with Crippen molar-refractivity contribution in [2.75, 3.05) is 24.5 Å². The molecule has 0 spiro atoms. The predicted octanol–water partition coefficient (Wildman–Crippen LogP) is 1.42. The summed E-state index contributed by atoms with van der Waals surface area (Å²) in [4.78, 5) is 13.9. The molecule has 3 N–H and O–H groups in total. The maximum atomic E-state index is 11.7. The molecule has 0 saturated heterocycles. The predicted molar refractivity (Wildman–Crippen MR) is 73.5 cm³/mol. The fourth-order valence-corrected chi connectivity index (χ4v) is 2.46. The van der Waals surface area contributed by atoms with Crippen molar-refractivity contribution >= 4 is 11.6 Å². The Bertz CT molecular complexity index is 419. The van der Waals surface area contributed by atoms with Crippen LogP contribution in [-0.4, -0.2) is 25.5 Å². The van der Waals surface area contributed by atoms with Crippen LogP contribution in [0.4, 0.5) is 5.69 Å². The number of benzene rings is 1. The number of nitrogens with two attached hydrogens (primary N) is 1. The van der Waals surface area contributed by atoms with Gasteiger partial charge >= 0.3 is 0 Å². The fraction of sp³-hybridized carbons (Fsp3) is 0.500. The van der Waals surface area contributed by atoms with Crippen molar-refractivity contribution in [1.29, 1.82) is 0 Å². The monoisotopic (exact) mass is 247 g/mol. The van der Waals surface area contributed by atoms with Crippen molar-refractivity contribution in [2.24, 2.45) is 5.73 Å². The van der Waals surface area contributed by atoms with E-state index in [1.165, 1.54) is 0 Å². The number of para-hydroxylation sites is 1. The number of hydrogen-bond acceptors (Lipinski definition) is 3. The number of nitrogens with zero attached hydrogens (tertiary/aromatic N) is 1. The largest absolute Gasteiger partial charge is 0.362 e. The molecule has 2 rings (SSSR count). The zero-order chi connectivity index (χ0) is 13.0. The summed E-state index contributed by atoms with van der Waals surface area (Å²) in [5, 5.41) is 2.84. The Kier molecular flexibility index (Phi) is 4.20. The number of nitrogens with one attached hydrogen (secondary N) is 1. The van der Waals surface area contributed by atoms with Crippen molar-refractivity contribution in [3.63, 3.8) is 0 Å². The van der Waals surface area contributed by atoms with Crippen LogP contribution in [0.1, 0.15) is 31.4 Å². The number of rotatable bonds is 3. The van der Waals surface area contributed by atoms with Gasteiger partial charge in [0.1, 0.15) is 0 Å². The van der Waals surface area contributed by atoms with E-state index in [2.05, 4.69) is 22.3 Å². The summed E-state index contributed by atoms with van der Waals surface area (Å²) in [5.74, 6) is 0.0720. The summed E-state index contributed by atoms with van der Waals surface area (Å²) in [6.07, 6.45) is 2.00. The highest BCUT2D eigenvalue weighted by Crippen LogP contribution is 2.30. The maximum absolute atomic E-state index is 11.7. The third-order valence-corrected chi connectivity index (χ3v) is 3.33. The van der Waals surface area contributed by atoms with E-state index in [0.717, 1.165) is 30.6 Å². The van der Waals surface area contributed by atoms with Crippen LogP contribution in [0, 0.1) is 0 Å². The highest BCUT2D eigenvalue weighted by molar-refractivity contribution is 5.81. The molecule has 4 nitrogen and oxygen atoms in total. The Morgan fingerprint density at radius 3 is 3.06 bits per heavy atom. The van der Waals surface area contributed by atoms with Crippen LogP contribution in [-0.2, 0) is 4.79 Å². The molecule has 0 radical (unpaired) electrons. The summed E-state index contributed by atoms with van der Waals surface area (Å²) >= 11 is 0. The molecule has 98 valence electrons. The van der Waals surface area contributed by atoms with Gasteiger partial charge in [-0.1, -0.05) is 18.2 Å². The molecule has 1 heterocycles. The number of carbonyl (C=O) groups excluding carboxylic acids is 1. The maximum Gasteiger partial charge on any atom is 0.239 e. The molecule has 1 aliphatic heterocycles. The standard InChI is InChI=1S/C14H21N3O/c1-2-16-14(18)10-17-9-5-7-12(15)11-6-3-4-8-13(11)17/h3-4,6,8,12H,2,5,7,9-10,15H2,1H3,(H,16,18). The van der Waals surface area contributed by atoms with E-state index in [0.29, 0.717) is 13.1 Å². The summed E-state index contributed by atoms with van der Waals surface area (Å²) < 4.78 is 0. The lowest BCUT2D eigenvalue weighted by Crippen LogP contribution is -2.37. The quantitative estimate of drug-likeness (QED) is 0.849. The van der Waals surface area contributed by atoms with Crippen LogP contribution < -0.4 is 16.0 Å². The van der Waals surface area contributed by atoms with Crippen LogP contribution in [0.25, 0.3) is 0 Å². The first kappa shape index (κ1) is 12.9. The van der Waals surface area contributed by atoms with Gasteiger partial charge in [-0.25, -0.2) is 0 Å². The second kappa shape index (κ2) is 5.87. The fourth-order valence-electron chi connectivity index (χ4n) is 2.46. The minimum Gasteiger partial charge on any atom is -0.362 e. The minimum absolute atomic E-state index is 0.0720. The molecule has 1 aliphatic rings. The summed E-state index contributed by atoms with van der Waals surface area (Å²) in [7, 11) is 0. The van der Waals surface area contributed by atoms with E-state index < -0.39 is 0 Å². The van der Waals surface area contributed by atoms with E-state index >= 15 is 0 Å². The molecule has 1 amide bonds. The third-order valence-electron chi connectivity index (χ3n) is 3.33. The summed E-state index contributed by atoms with van der Waals surface area (Å²) in [6, 6.07) is 8.21. The molecule has 0 bridgehead atoms. The Hall–Kier alpha value is -1.55. The molecule has 1 atom stereocenters. The SMILES string of the molecule is CCNC(=O)CN1CCCC(N)c2ccccc21. The zero-order valence-electron chi connectivity index (χ0n) is 10.9. The highest BCUT2D eigenvalue weighted by atomic mass is 16.2. The van der Waals surface area contributed by atoms with Crippen LogP contribution >= 0.6 is 0 Å². The average Bonchev–Trinajstić information content (AvgIpc) is 2.51. The van der Waals surface area contributed by atoms with Gasteiger partial charge in [0.15, 0.2) is 0 Å². The molecule has 1 aromatic rings. The summed E-state index contributed by atoms with van der Waals surface area (Å²) in [5.41, 5.74) is 8.43. The topological polar surface area (TPSA) is 58.4 Å². The zero-order valence-corrected chi connectivity index (χ0v) is 10.9. The normalized spacial score (nSPS) is 19.0. The van der Waals surface area contributed by atoms with Gasteiger partial charge in [-0.15, -0.1) is 0 Å². The van der Waals surface area contributed by atoms with Gasteiger partial charge in [-0.3, -0.25) is 4.79 Å². The van der Waals surface area contributed by atoms with E-state index in [4.69, 9.17) is 5.73 Å². The van der Waals surface area contributed by atoms with Gasteiger partial charge in [0, 0.05) is 24.8 Å². The first-order valence-corrected chi connectivity index (χ1v) is 6.58. The first-order chi connectivity index (χ1) is 8.72. The molecule has 0 saturated carbocycles. The molecule has 0 fully saturated rings. The third kappa shape index (κ3) is 2.82. The Morgan fingerprint density at radius 2 is 2.28 bits per heavy atom. The lowest BCUT2D eigenvalue weighted by molar-refractivity contribution is -0.119. The number of anilines is 1. The number of hydrogen-bond donors (Lipinski definition) is 2. The van der Waals surface area contributed by atoms with Crippen LogP contribution in [0.15, 0.2) is 24.3 Å². The first-order valence-electron chi connectivity index (χ1n) is 6.58. The number of likely N-dealkylation sites (N-methyl/N-ethyl adjacent to an activating group) is 1. The van der Waals surface area contributed by atoms with Crippen molar-refractivity contribution in [3.8, 4) is 0 Å². The van der Waals surface area contributed by atoms with E-state index in [9.17, 15) is 4.79 Å². The van der Waals surface area contributed by atoms with Gasteiger partial charge in [-0.05, 0) is 31.4 Å². The molecule has 0 aliphatic carbocycles. The van der Waals surface area contributed by atoms with Gasteiger partial charge in [-0.2, -0.15) is 0 Å². The Labute approximate surface area is 108 Å². The molecule has 0 aromatic heterocycles. The minimum atomic E-state index is 0.0720. The van der Waals surface area contributed by atoms with Crippen LogP contribution in [0.5, 0.6) is 0 Å². The Morgan fingerprint density at radius 1 is 1.50 bits per heavy atom. The molecular weight excluding hydrogens is 226 g/mol. The number of fused-ring (bicyclic) bond motifs is 1. The van der Waals surface area contributed by atoms with Crippen molar-refractivity contribution < 1.29 is 4.79 Å². The van der Waals surface area contributed by atoms with Crippen LogP contribution in [0.2, 0.25) is 0 Å². The summed E-state index contributed by atoms with van der Waals surface area (Å²) in [6.45, 7) is 3.91. The van der Waals surface area contributed by atoms with Gasteiger partial charge < -0.3 is 16.0 Å². The second-order valence-electron chi connectivity index (χ2n) is 4.68. The highest BCUT2D eigenvalue weighted by Gasteiger charge is 2.21.